The van der Waals surface area contributed by atoms with Crippen LogP contribution in [-0.2, 0) is 6.54 Å². The Bertz CT molecular complexity index is 760. The van der Waals surface area contributed by atoms with Crippen LogP contribution in [0.3, 0.4) is 0 Å². The quantitative estimate of drug-likeness (QED) is 0.788. The number of aryl methyl sites for hydroxylation is 2. The number of piperidine rings is 1. The van der Waals surface area contributed by atoms with Crippen LogP contribution in [0.4, 0.5) is 0 Å². The second-order valence-electron chi connectivity index (χ2n) is 7.03. The number of carbonyl (C=O) groups excluding carboxylic acids is 1. The minimum atomic E-state index is -0.124. The summed E-state index contributed by atoms with van der Waals surface area (Å²) in [4.78, 5) is 14.7. The molecule has 1 fully saturated rings. The van der Waals surface area contributed by atoms with E-state index in [1.807, 2.05) is 13.8 Å². The van der Waals surface area contributed by atoms with Crippen molar-refractivity contribution in [2.45, 2.75) is 33.2 Å². The molecule has 26 heavy (non-hydrogen) atoms. The van der Waals surface area contributed by atoms with E-state index < -0.39 is 0 Å². The molecule has 2 heterocycles. The minimum Gasteiger partial charge on any atom is -0.466 e. The average Bonchev–Trinajstić information content (AvgIpc) is 2.90. The summed E-state index contributed by atoms with van der Waals surface area (Å²) in [5.41, 5.74) is 1.78. The summed E-state index contributed by atoms with van der Waals surface area (Å²) in [7, 11) is 0. The van der Waals surface area contributed by atoms with Crippen LogP contribution in [0.15, 0.2) is 28.7 Å². The highest BCUT2D eigenvalue weighted by Crippen LogP contribution is 2.22. The fraction of sp³-hybridized carbons (Fsp3) is 0.450. The third-order valence-electron chi connectivity index (χ3n) is 4.92. The van der Waals surface area contributed by atoms with E-state index in [9.17, 15) is 4.79 Å². The fourth-order valence-corrected chi connectivity index (χ4v) is 3.98. The van der Waals surface area contributed by atoms with Gasteiger partial charge in [0.05, 0.1) is 0 Å². The number of furan rings is 1. The molecule has 1 aliphatic rings. The molecule has 2 aromatic rings. The van der Waals surface area contributed by atoms with E-state index in [4.69, 9.17) is 27.6 Å². The zero-order chi connectivity index (χ0) is 18.7. The largest absolute Gasteiger partial charge is 0.466 e. The van der Waals surface area contributed by atoms with Gasteiger partial charge in [-0.2, -0.15) is 0 Å². The van der Waals surface area contributed by atoms with Gasteiger partial charge in [-0.05, 0) is 70.0 Å². The molecule has 0 bridgehead atoms. The standard InChI is InChI=1S/C20H24Cl2N2O2/c1-13-7-17(14(2)26-13)12-24-5-3-15(4-6-24)11-23-20(25)16-8-18(21)10-19(22)9-16/h7-10,15H,3-6,11-12H2,1-2H3,(H,23,25). The van der Waals surface area contributed by atoms with E-state index in [0.717, 1.165) is 44.0 Å². The van der Waals surface area contributed by atoms with Crippen LogP contribution in [-0.4, -0.2) is 30.4 Å². The molecule has 1 aromatic carbocycles. The molecule has 0 unspecified atom stereocenters. The Morgan fingerprint density at radius 3 is 2.38 bits per heavy atom. The molecule has 3 rings (SSSR count). The molecule has 0 atom stereocenters. The number of rotatable bonds is 5. The molecule has 1 amide bonds. The lowest BCUT2D eigenvalue weighted by atomic mass is 9.96. The van der Waals surface area contributed by atoms with Crippen molar-refractivity contribution >= 4 is 29.1 Å². The summed E-state index contributed by atoms with van der Waals surface area (Å²) in [6.07, 6.45) is 2.15. The number of benzene rings is 1. The minimum absolute atomic E-state index is 0.124. The molecular weight excluding hydrogens is 371 g/mol. The third kappa shape index (κ3) is 5.03. The Hall–Kier alpha value is -1.49. The molecule has 4 nitrogen and oxygen atoms in total. The maximum atomic E-state index is 12.3. The first-order valence-electron chi connectivity index (χ1n) is 8.93. The SMILES string of the molecule is Cc1cc(CN2CCC(CNC(=O)c3cc(Cl)cc(Cl)c3)CC2)c(C)o1. The maximum absolute atomic E-state index is 12.3. The van der Waals surface area contributed by atoms with Crippen molar-refractivity contribution < 1.29 is 9.21 Å². The smallest absolute Gasteiger partial charge is 0.251 e. The van der Waals surface area contributed by atoms with Crippen LogP contribution in [0.5, 0.6) is 0 Å². The summed E-state index contributed by atoms with van der Waals surface area (Å²) >= 11 is 11.9. The van der Waals surface area contributed by atoms with Gasteiger partial charge in [0, 0.05) is 34.3 Å². The Morgan fingerprint density at radius 1 is 1.15 bits per heavy atom. The summed E-state index contributed by atoms with van der Waals surface area (Å²) in [5, 5.41) is 3.96. The van der Waals surface area contributed by atoms with E-state index in [-0.39, 0.29) is 5.91 Å². The number of amides is 1. The van der Waals surface area contributed by atoms with Crippen molar-refractivity contribution in [2.24, 2.45) is 5.92 Å². The van der Waals surface area contributed by atoms with Gasteiger partial charge in [0.1, 0.15) is 11.5 Å². The summed E-state index contributed by atoms with van der Waals surface area (Å²) < 4.78 is 5.61. The van der Waals surface area contributed by atoms with Gasteiger partial charge in [-0.1, -0.05) is 23.2 Å². The van der Waals surface area contributed by atoms with Gasteiger partial charge >= 0.3 is 0 Å². The van der Waals surface area contributed by atoms with Crippen molar-refractivity contribution in [1.82, 2.24) is 10.2 Å². The first kappa shape index (κ1) is 19.3. The van der Waals surface area contributed by atoms with Crippen LogP contribution in [0, 0.1) is 19.8 Å². The predicted octanol–water partition coefficient (Wildman–Crippen LogP) is 4.85. The highest BCUT2D eigenvalue weighted by Gasteiger charge is 2.21. The molecule has 0 aliphatic carbocycles. The second-order valence-corrected chi connectivity index (χ2v) is 7.90. The second kappa shape index (κ2) is 8.47. The van der Waals surface area contributed by atoms with Crippen LogP contribution in [0.1, 0.15) is 40.3 Å². The number of hydrogen-bond acceptors (Lipinski definition) is 3. The molecule has 140 valence electrons. The maximum Gasteiger partial charge on any atom is 0.251 e. The topological polar surface area (TPSA) is 45.5 Å². The molecule has 1 aromatic heterocycles. The Balaban J connectivity index is 1.45. The van der Waals surface area contributed by atoms with Crippen LogP contribution >= 0.6 is 23.2 Å². The van der Waals surface area contributed by atoms with Crippen LogP contribution in [0.25, 0.3) is 0 Å². The Kier molecular flexibility index (Phi) is 6.28. The molecular formula is C20H24Cl2N2O2. The predicted molar refractivity (Wildman–Crippen MR) is 105 cm³/mol. The van der Waals surface area contributed by atoms with E-state index in [0.29, 0.717) is 28.1 Å². The molecule has 0 radical (unpaired) electrons. The highest BCUT2D eigenvalue weighted by molar-refractivity contribution is 6.35. The van der Waals surface area contributed by atoms with E-state index in [1.165, 1.54) is 5.56 Å². The van der Waals surface area contributed by atoms with Crippen molar-refractivity contribution in [3.63, 3.8) is 0 Å². The van der Waals surface area contributed by atoms with Gasteiger partial charge in [0.25, 0.3) is 5.91 Å². The van der Waals surface area contributed by atoms with Crippen LogP contribution < -0.4 is 5.32 Å². The third-order valence-corrected chi connectivity index (χ3v) is 5.36. The number of hydrogen-bond donors (Lipinski definition) is 1. The number of carbonyl (C=O) groups is 1. The molecule has 6 heteroatoms. The van der Waals surface area contributed by atoms with Crippen molar-refractivity contribution in [3.8, 4) is 0 Å². The first-order chi connectivity index (χ1) is 12.4. The fourth-order valence-electron chi connectivity index (χ4n) is 3.45. The molecule has 1 saturated heterocycles. The van der Waals surface area contributed by atoms with Gasteiger partial charge in [0.15, 0.2) is 0 Å². The van der Waals surface area contributed by atoms with Gasteiger partial charge in [0.2, 0.25) is 0 Å². The lowest BCUT2D eigenvalue weighted by Crippen LogP contribution is -2.38. The van der Waals surface area contributed by atoms with Crippen molar-refractivity contribution in [1.29, 1.82) is 0 Å². The lowest BCUT2D eigenvalue weighted by Gasteiger charge is -2.31. The molecule has 0 saturated carbocycles. The van der Waals surface area contributed by atoms with Gasteiger partial charge < -0.3 is 9.73 Å². The van der Waals surface area contributed by atoms with Crippen molar-refractivity contribution in [3.05, 3.63) is 57.0 Å². The first-order valence-corrected chi connectivity index (χ1v) is 9.69. The Morgan fingerprint density at radius 2 is 1.81 bits per heavy atom. The number of nitrogens with one attached hydrogen (secondary N) is 1. The zero-order valence-electron chi connectivity index (χ0n) is 15.1. The summed E-state index contributed by atoms with van der Waals surface area (Å²) in [6.45, 7) is 7.69. The highest BCUT2D eigenvalue weighted by atomic mass is 35.5. The average molecular weight is 395 g/mol. The van der Waals surface area contributed by atoms with Crippen molar-refractivity contribution in [2.75, 3.05) is 19.6 Å². The number of likely N-dealkylation sites (tertiary alicyclic amines) is 1. The normalized spacial score (nSPS) is 16.0. The number of nitrogens with zero attached hydrogens (tertiary/aromatic N) is 1. The van der Waals surface area contributed by atoms with Gasteiger partial charge in [-0.15, -0.1) is 0 Å². The summed E-state index contributed by atoms with van der Waals surface area (Å²) in [6, 6.07) is 7.03. The lowest BCUT2D eigenvalue weighted by molar-refractivity contribution is 0.0935. The summed E-state index contributed by atoms with van der Waals surface area (Å²) in [5.74, 6) is 2.35. The zero-order valence-corrected chi connectivity index (χ0v) is 16.7. The van der Waals surface area contributed by atoms with E-state index in [2.05, 4.69) is 16.3 Å². The Labute approximate surface area is 164 Å². The molecule has 1 aliphatic heterocycles. The monoisotopic (exact) mass is 394 g/mol. The molecule has 0 spiro atoms. The van der Waals surface area contributed by atoms with Crippen LogP contribution in [0.2, 0.25) is 10.0 Å². The van der Waals surface area contributed by atoms with Gasteiger partial charge in [-0.3, -0.25) is 9.69 Å². The van der Waals surface area contributed by atoms with E-state index >= 15 is 0 Å². The molecule has 1 N–H and O–H groups in total. The van der Waals surface area contributed by atoms with Gasteiger partial charge in [-0.25, -0.2) is 0 Å². The number of halogens is 2. The van der Waals surface area contributed by atoms with E-state index in [1.54, 1.807) is 18.2 Å².